The number of hydrogen-bond acceptors (Lipinski definition) is 4. The van der Waals surface area contributed by atoms with Crippen LogP contribution >= 0.6 is 15.9 Å². The molecule has 0 aromatic heterocycles. The van der Waals surface area contributed by atoms with Gasteiger partial charge in [-0.15, -0.1) is 0 Å². The fourth-order valence-electron chi connectivity index (χ4n) is 2.24. The van der Waals surface area contributed by atoms with E-state index in [-0.39, 0.29) is 24.5 Å². The fraction of sp³-hybridized carbons (Fsp3) is 0.533. The molecule has 0 bridgehead atoms. The van der Waals surface area contributed by atoms with Crippen LogP contribution in [-0.2, 0) is 4.79 Å². The number of para-hydroxylation sites is 1. The maximum absolute atomic E-state index is 12.1. The van der Waals surface area contributed by atoms with Crippen molar-refractivity contribution >= 4 is 21.8 Å². The third-order valence-corrected chi connectivity index (χ3v) is 4.34. The van der Waals surface area contributed by atoms with Gasteiger partial charge in [0, 0.05) is 13.1 Å². The first-order valence-electron chi connectivity index (χ1n) is 7.06. The molecule has 1 saturated heterocycles. The highest BCUT2D eigenvalue weighted by Gasteiger charge is 2.36. The van der Waals surface area contributed by atoms with Gasteiger partial charge in [0.05, 0.1) is 9.89 Å². The van der Waals surface area contributed by atoms with Gasteiger partial charge in [-0.1, -0.05) is 12.1 Å². The normalized spacial score (nSPS) is 22.8. The van der Waals surface area contributed by atoms with Gasteiger partial charge in [-0.3, -0.25) is 4.79 Å². The molecule has 0 saturated carbocycles. The average molecular weight is 357 g/mol. The van der Waals surface area contributed by atoms with Gasteiger partial charge in [0.15, 0.2) is 0 Å². The number of ether oxygens (including phenoxy) is 1. The zero-order valence-corrected chi connectivity index (χ0v) is 13.6. The van der Waals surface area contributed by atoms with E-state index in [0.717, 1.165) is 17.4 Å². The van der Waals surface area contributed by atoms with Gasteiger partial charge in [-0.2, -0.15) is 0 Å². The van der Waals surface area contributed by atoms with Crippen LogP contribution in [0.4, 0.5) is 0 Å². The summed E-state index contributed by atoms with van der Waals surface area (Å²) in [5.41, 5.74) is -0.372. The number of aliphatic hydroxyl groups is 1. The first-order chi connectivity index (χ1) is 10.0. The van der Waals surface area contributed by atoms with Crippen LogP contribution in [0.1, 0.15) is 13.3 Å². The number of benzene rings is 1. The molecule has 1 fully saturated rings. The Morgan fingerprint density at radius 1 is 1.57 bits per heavy atom. The maximum Gasteiger partial charge on any atom is 0.227 e. The highest BCUT2D eigenvalue weighted by Crippen LogP contribution is 2.25. The molecule has 1 aliphatic rings. The molecule has 21 heavy (non-hydrogen) atoms. The molecule has 0 unspecified atom stereocenters. The summed E-state index contributed by atoms with van der Waals surface area (Å²) in [5, 5.41) is 15.9. The second-order valence-corrected chi connectivity index (χ2v) is 6.45. The summed E-state index contributed by atoms with van der Waals surface area (Å²) in [4.78, 5) is 12.1. The van der Waals surface area contributed by atoms with E-state index in [4.69, 9.17) is 4.74 Å². The smallest absolute Gasteiger partial charge is 0.227 e. The van der Waals surface area contributed by atoms with Crippen LogP contribution < -0.4 is 15.4 Å². The highest BCUT2D eigenvalue weighted by molar-refractivity contribution is 9.10. The summed E-state index contributed by atoms with van der Waals surface area (Å²) in [7, 11) is 0. The minimum atomic E-state index is -0.737. The molecule has 6 heteroatoms. The van der Waals surface area contributed by atoms with Gasteiger partial charge in [0.1, 0.15) is 18.5 Å². The standard InChI is InChI=1S/C15H21BrN2O3/c1-15(6-7-17-10-15)14(20)18-8-11(19)9-21-13-5-3-2-4-12(13)16/h2-5,11,17,19H,6-10H2,1H3,(H,18,20)/t11-,15+/m0/s1. The van der Waals surface area contributed by atoms with Crippen molar-refractivity contribution in [2.24, 2.45) is 5.41 Å². The van der Waals surface area contributed by atoms with Crippen LogP contribution in [0.25, 0.3) is 0 Å². The largest absolute Gasteiger partial charge is 0.490 e. The van der Waals surface area contributed by atoms with Gasteiger partial charge in [0.25, 0.3) is 0 Å². The number of carbonyl (C=O) groups is 1. The van der Waals surface area contributed by atoms with E-state index in [1.807, 2.05) is 31.2 Å². The summed E-state index contributed by atoms with van der Waals surface area (Å²) >= 11 is 3.38. The number of hydrogen-bond donors (Lipinski definition) is 3. The molecule has 2 atom stereocenters. The third kappa shape index (κ3) is 4.43. The predicted molar refractivity (Wildman–Crippen MR) is 84.2 cm³/mol. The van der Waals surface area contributed by atoms with Crippen molar-refractivity contribution in [1.29, 1.82) is 0 Å². The van der Waals surface area contributed by atoms with Gasteiger partial charge < -0.3 is 20.5 Å². The fourth-order valence-corrected chi connectivity index (χ4v) is 2.64. The highest BCUT2D eigenvalue weighted by atomic mass is 79.9. The number of aliphatic hydroxyl groups excluding tert-OH is 1. The summed E-state index contributed by atoms with van der Waals surface area (Å²) in [6.07, 6.45) is 0.0848. The molecule has 0 spiro atoms. The van der Waals surface area contributed by atoms with Crippen molar-refractivity contribution in [3.8, 4) is 5.75 Å². The molecule has 5 nitrogen and oxygen atoms in total. The second-order valence-electron chi connectivity index (χ2n) is 5.59. The summed E-state index contributed by atoms with van der Waals surface area (Å²) in [6.45, 7) is 3.81. The van der Waals surface area contributed by atoms with E-state index in [9.17, 15) is 9.90 Å². The summed E-state index contributed by atoms with van der Waals surface area (Å²) < 4.78 is 6.36. The zero-order chi connectivity index (χ0) is 15.3. The Balaban J connectivity index is 1.74. The lowest BCUT2D eigenvalue weighted by molar-refractivity contribution is -0.129. The summed E-state index contributed by atoms with van der Waals surface area (Å²) in [6, 6.07) is 7.45. The van der Waals surface area contributed by atoms with Crippen LogP contribution in [0.3, 0.4) is 0 Å². The SMILES string of the molecule is C[C@@]1(C(=O)NC[C@H](O)COc2ccccc2Br)CCNC1. The Hall–Kier alpha value is -1.11. The van der Waals surface area contributed by atoms with E-state index in [1.54, 1.807) is 0 Å². The van der Waals surface area contributed by atoms with E-state index in [0.29, 0.717) is 12.3 Å². The molecule has 1 aromatic rings. The van der Waals surface area contributed by atoms with Crippen molar-refractivity contribution in [2.45, 2.75) is 19.4 Å². The summed E-state index contributed by atoms with van der Waals surface area (Å²) in [5.74, 6) is 0.655. The molecule has 116 valence electrons. The quantitative estimate of drug-likeness (QED) is 0.718. The number of rotatable bonds is 6. The van der Waals surface area contributed by atoms with Crippen LogP contribution in [0.15, 0.2) is 28.7 Å². The first kappa shape index (κ1) is 16.3. The molecule has 0 radical (unpaired) electrons. The molecule has 3 N–H and O–H groups in total. The molecule has 1 aromatic carbocycles. The monoisotopic (exact) mass is 356 g/mol. The average Bonchev–Trinajstić information content (AvgIpc) is 2.92. The lowest BCUT2D eigenvalue weighted by atomic mass is 9.89. The predicted octanol–water partition coefficient (Wildman–Crippen LogP) is 1.30. The Kier molecular flexibility index (Phi) is 5.61. The van der Waals surface area contributed by atoms with Gasteiger partial charge in [-0.05, 0) is 48.0 Å². The second kappa shape index (κ2) is 7.24. The van der Waals surface area contributed by atoms with Crippen molar-refractivity contribution in [3.05, 3.63) is 28.7 Å². The first-order valence-corrected chi connectivity index (χ1v) is 7.85. The minimum Gasteiger partial charge on any atom is -0.490 e. The van der Waals surface area contributed by atoms with Crippen LogP contribution in [0.5, 0.6) is 5.75 Å². The molecule has 1 aliphatic heterocycles. The van der Waals surface area contributed by atoms with E-state index in [1.165, 1.54) is 0 Å². The van der Waals surface area contributed by atoms with Gasteiger partial charge in [-0.25, -0.2) is 0 Å². The van der Waals surface area contributed by atoms with Crippen LogP contribution in [0, 0.1) is 5.41 Å². The van der Waals surface area contributed by atoms with E-state index >= 15 is 0 Å². The Bertz CT molecular complexity index is 490. The van der Waals surface area contributed by atoms with E-state index in [2.05, 4.69) is 26.6 Å². The zero-order valence-electron chi connectivity index (χ0n) is 12.1. The topological polar surface area (TPSA) is 70.6 Å². The Labute approximate surface area is 133 Å². The number of amides is 1. The van der Waals surface area contributed by atoms with Crippen molar-refractivity contribution in [1.82, 2.24) is 10.6 Å². The van der Waals surface area contributed by atoms with Crippen LogP contribution in [-0.4, -0.2) is 43.4 Å². The van der Waals surface area contributed by atoms with Crippen molar-refractivity contribution in [3.63, 3.8) is 0 Å². The lowest BCUT2D eigenvalue weighted by Gasteiger charge is -2.22. The lowest BCUT2D eigenvalue weighted by Crippen LogP contribution is -2.44. The van der Waals surface area contributed by atoms with Gasteiger partial charge >= 0.3 is 0 Å². The van der Waals surface area contributed by atoms with Crippen molar-refractivity contribution < 1.29 is 14.6 Å². The number of halogens is 1. The molecule has 0 aliphatic carbocycles. The molecular formula is C15H21BrN2O3. The molecular weight excluding hydrogens is 336 g/mol. The number of nitrogens with one attached hydrogen (secondary N) is 2. The van der Waals surface area contributed by atoms with Crippen molar-refractivity contribution in [2.75, 3.05) is 26.2 Å². The third-order valence-electron chi connectivity index (χ3n) is 3.68. The molecule has 1 amide bonds. The van der Waals surface area contributed by atoms with E-state index < -0.39 is 6.10 Å². The Morgan fingerprint density at radius 2 is 2.33 bits per heavy atom. The molecule has 1 heterocycles. The maximum atomic E-state index is 12.1. The number of carbonyl (C=O) groups excluding carboxylic acids is 1. The minimum absolute atomic E-state index is 0.0209. The van der Waals surface area contributed by atoms with Crippen LogP contribution in [0.2, 0.25) is 0 Å². The Morgan fingerprint density at radius 3 is 3.00 bits per heavy atom. The van der Waals surface area contributed by atoms with Gasteiger partial charge in [0.2, 0.25) is 5.91 Å². The molecule has 2 rings (SSSR count).